The number of aromatic amines is 1. The standard InChI is InChI=1S/C13H18N6O/c1-2-9(1)19-3-4-20-10(6-19)5-14-12-11-13(16-7-15-11)18-8-17-12/h7-10H,1-6H2,(H2,14,15,16,17,18). The molecule has 4 rings (SSSR count). The van der Waals surface area contributed by atoms with E-state index < -0.39 is 0 Å². The van der Waals surface area contributed by atoms with Gasteiger partial charge in [-0.2, -0.15) is 0 Å². The van der Waals surface area contributed by atoms with Crippen LogP contribution in [-0.2, 0) is 4.74 Å². The van der Waals surface area contributed by atoms with Gasteiger partial charge in [0.1, 0.15) is 11.8 Å². The molecule has 0 radical (unpaired) electrons. The minimum absolute atomic E-state index is 0.220. The quantitative estimate of drug-likeness (QED) is 0.851. The van der Waals surface area contributed by atoms with Crippen LogP contribution in [0.4, 0.5) is 5.82 Å². The van der Waals surface area contributed by atoms with E-state index in [2.05, 4.69) is 30.2 Å². The summed E-state index contributed by atoms with van der Waals surface area (Å²) in [5, 5.41) is 3.35. The number of aromatic nitrogens is 4. The number of rotatable bonds is 4. The minimum Gasteiger partial charge on any atom is -0.374 e. The lowest BCUT2D eigenvalue weighted by atomic mass is 10.2. The Morgan fingerprint density at radius 3 is 3.20 bits per heavy atom. The molecule has 1 aliphatic carbocycles. The number of H-pyrrole nitrogens is 1. The van der Waals surface area contributed by atoms with Crippen molar-refractivity contribution >= 4 is 17.0 Å². The molecule has 2 aromatic rings. The van der Waals surface area contributed by atoms with Crippen LogP contribution in [0.5, 0.6) is 0 Å². The number of hydrogen-bond donors (Lipinski definition) is 2. The molecule has 0 aromatic carbocycles. The zero-order valence-corrected chi connectivity index (χ0v) is 11.2. The van der Waals surface area contributed by atoms with E-state index in [4.69, 9.17) is 4.74 Å². The van der Waals surface area contributed by atoms with Gasteiger partial charge in [-0.05, 0) is 12.8 Å². The Kier molecular flexibility index (Phi) is 3.00. The predicted molar refractivity (Wildman–Crippen MR) is 74.5 cm³/mol. The third-order valence-corrected chi connectivity index (χ3v) is 3.95. The van der Waals surface area contributed by atoms with Crippen LogP contribution >= 0.6 is 0 Å². The molecule has 1 unspecified atom stereocenters. The maximum absolute atomic E-state index is 5.83. The summed E-state index contributed by atoms with van der Waals surface area (Å²) in [6.07, 6.45) is 6.08. The molecular weight excluding hydrogens is 256 g/mol. The van der Waals surface area contributed by atoms with Crippen molar-refractivity contribution in [3.05, 3.63) is 12.7 Å². The maximum atomic E-state index is 5.83. The first-order valence-electron chi connectivity index (χ1n) is 7.14. The van der Waals surface area contributed by atoms with Gasteiger partial charge >= 0.3 is 0 Å². The van der Waals surface area contributed by atoms with Crippen molar-refractivity contribution in [2.45, 2.75) is 25.0 Å². The molecule has 0 spiro atoms. The molecule has 0 bridgehead atoms. The molecule has 2 aromatic heterocycles. The first-order chi connectivity index (χ1) is 9.90. The van der Waals surface area contributed by atoms with Gasteiger partial charge in [0.2, 0.25) is 0 Å². The summed E-state index contributed by atoms with van der Waals surface area (Å²) in [5.74, 6) is 0.791. The molecule has 0 amide bonds. The van der Waals surface area contributed by atoms with Crippen LogP contribution in [0.1, 0.15) is 12.8 Å². The molecule has 7 nitrogen and oxygen atoms in total. The lowest BCUT2D eigenvalue weighted by Crippen LogP contribution is -2.46. The van der Waals surface area contributed by atoms with Crippen LogP contribution in [0.2, 0.25) is 0 Å². The number of imidazole rings is 1. The van der Waals surface area contributed by atoms with Crippen molar-refractivity contribution in [3.63, 3.8) is 0 Å². The molecule has 106 valence electrons. The van der Waals surface area contributed by atoms with E-state index >= 15 is 0 Å². The molecule has 1 saturated carbocycles. The van der Waals surface area contributed by atoms with Gasteiger partial charge < -0.3 is 15.0 Å². The number of morpholine rings is 1. The van der Waals surface area contributed by atoms with Gasteiger partial charge in [-0.25, -0.2) is 15.0 Å². The van der Waals surface area contributed by atoms with Crippen LogP contribution in [-0.4, -0.2) is 63.2 Å². The highest BCUT2D eigenvalue weighted by molar-refractivity contribution is 5.81. The first-order valence-corrected chi connectivity index (χ1v) is 7.14. The minimum atomic E-state index is 0.220. The average Bonchev–Trinajstić information content (AvgIpc) is 3.23. The second kappa shape index (κ2) is 4.99. The Hall–Kier alpha value is -1.73. The predicted octanol–water partition coefficient (Wildman–Crippen LogP) is 0.628. The fourth-order valence-electron chi connectivity index (χ4n) is 2.75. The smallest absolute Gasteiger partial charge is 0.182 e. The van der Waals surface area contributed by atoms with Gasteiger partial charge in [0.25, 0.3) is 0 Å². The molecule has 1 atom stereocenters. The van der Waals surface area contributed by atoms with Gasteiger partial charge in [-0.3, -0.25) is 4.90 Å². The van der Waals surface area contributed by atoms with E-state index in [0.717, 1.165) is 43.6 Å². The third-order valence-electron chi connectivity index (χ3n) is 3.95. The molecular formula is C13H18N6O. The van der Waals surface area contributed by atoms with Crippen molar-refractivity contribution in [3.8, 4) is 0 Å². The summed E-state index contributed by atoms with van der Waals surface area (Å²) in [6, 6.07) is 0.805. The third kappa shape index (κ3) is 2.34. The fraction of sp³-hybridized carbons (Fsp3) is 0.615. The highest BCUT2D eigenvalue weighted by Crippen LogP contribution is 2.28. The zero-order chi connectivity index (χ0) is 13.4. The molecule has 7 heteroatoms. The molecule has 2 N–H and O–H groups in total. The number of hydrogen-bond acceptors (Lipinski definition) is 6. The number of ether oxygens (including phenoxy) is 1. The first kappa shape index (κ1) is 12.0. The Labute approximate surface area is 116 Å². The van der Waals surface area contributed by atoms with Gasteiger partial charge in [0, 0.05) is 25.7 Å². The Bertz CT molecular complexity index is 595. The van der Waals surface area contributed by atoms with Gasteiger partial charge in [0.15, 0.2) is 11.5 Å². The number of nitrogens with one attached hydrogen (secondary N) is 2. The second-order valence-electron chi connectivity index (χ2n) is 5.42. The highest BCUT2D eigenvalue weighted by Gasteiger charge is 2.32. The normalized spacial score (nSPS) is 24.1. The average molecular weight is 274 g/mol. The summed E-state index contributed by atoms with van der Waals surface area (Å²) < 4.78 is 5.83. The van der Waals surface area contributed by atoms with Crippen LogP contribution in [0.15, 0.2) is 12.7 Å². The van der Waals surface area contributed by atoms with Crippen molar-refractivity contribution in [1.82, 2.24) is 24.8 Å². The monoisotopic (exact) mass is 274 g/mol. The topological polar surface area (TPSA) is 79.0 Å². The Balaban J connectivity index is 1.41. The van der Waals surface area contributed by atoms with Crippen LogP contribution in [0.25, 0.3) is 11.2 Å². The van der Waals surface area contributed by atoms with Crippen LogP contribution < -0.4 is 5.32 Å². The number of nitrogens with zero attached hydrogens (tertiary/aromatic N) is 4. The Morgan fingerprint density at radius 2 is 2.30 bits per heavy atom. The summed E-state index contributed by atoms with van der Waals surface area (Å²) in [6.45, 7) is 3.66. The van der Waals surface area contributed by atoms with Crippen LogP contribution in [0, 0.1) is 0 Å². The second-order valence-corrected chi connectivity index (χ2v) is 5.42. The molecule has 1 saturated heterocycles. The summed E-state index contributed by atoms with van der Waals surface area (Å²) >= 11 is 0. The van der Waals surface area contributed by atoms with E-state index in [-0.39, 0.29) is 6.10 Å². The summed E-state index contributed by atoms with van der Waals surface area (Å²) in [7, 11) is 0. The van der Waals surface area contributed by atoms with Crippen LogP contribution in [0.3, 0.4) is 0 Å². The lowest BCUT2D eigenvalue weighted by Gasteiger charge is -2.33. The molecule has 3 heterocycles. The lowest BCUT2D eigenvalue weighted by molar-refractivity contribution is -0.0241. The summed E-state index contributed by atoms with van der Waals surface area (Å²) in [5.41, 5.74) is 1.54. The number of anilines is 1. The highest BCUT2D eigenvalue weighted by atomic mass is 16.5. The van der Waals surface area contributed by atoms with Crippen molar-refractivity contribution in [1.29, 1.82) is 0 Å². The van der Waals surface area contributed by atoms with E-state index in [1.165, 1.54) is 19.2 Å². The SMILES string of the molecule is c1nc(NCC2CN(C3CC3)CCO2)c2[nH]cnc2n1. The fourth-order valence-corrected chi connectivity index (χ4v) is 2.75. The number of fused-ring (bicyclic) bond motifs is 1. The largest absolute Gasteiger partial charge is 0.374 e. The molecule has 20 heavy (non-hydrogen) atoms. The molecule has 2 fully saturated rings. The van der Waals surface area contributed by atoms with E-state index in [1.807, 2.05) is 0 Å². The molecule has 1 aliphatic heterocycles. The van der Waals surface area contributed by atoms with E-state index in [1.54, 1.807) is 6.33 Å². The molecule has 2 aliphatic rings. The summed E-state index contributed by atoms with van der Waals surface area (Å²) in [4.78, 5) is 18.1. The van der Waals surface area contributed by atoms with Gasteiger partial charge in [-0.1, -0.05) is 0 Å². The maximum Gasteiger partial charge on any atom is 0.182 e. The van der Waals surface area contributed by atoms with Gasteiger partial charge in [0.05, 0.1) is 19.0 Å². The van der Waals surface area contributed by atoms with Crippen molar-refractivity contribution in [2.24, 2.45) is 0 Å². The van der Waals surface area contributed by atoms with Crippen molar-refractivity contribution in [2.75, 3.05) is 31.6 Å². The van der Waals surface area contributed by atoms with E-state index in [9.17, 15) is 0 Å². The van der Waals surface area contributed by atoms with Gasteiger partial charge in [-0.15, -0.1) is 0 Å². The van der Waals surface area contributed by atoms with E-state index in [0.29, 0.717) is 5.65 Å². The Morgan fingerprint density at radius 1 is 1.35 bits per heavy atom. The van der Waals surface area contributed by atoms with Crippen molar-refractivity contribution < 1.29 is 4.74 Å². The zero-order valence-electron chi connectivity index (χ0n) is 11.2.